The van der Waals surface area contributed by atoms with Crippen molar-refractivity contribution in [3.05, 3.63) is 118 Å². The Labute approximate surface area is 430 Å². The smallest absolute Gasteiger partial charge is 0.297 e. The molecule has 7 aromatic rings. The van der Waals surface area contributed by atoms with Gasteiger partial charge >= 0.3 is 0 Å². The van der Waals surface area contributed by atoms with Crippen molar-refractivity contribution in [2.75, 3.05) is 9.80 Å². The van der Waals surface area contributed by atoms with E-state index >= 15 is 0 Å². The van der Waals surface area contributed by atoms with Gasteiger partial charge in [-0.1, -0.05) is 124 Å². The highest BCUT2D eigenvalue weighted by Gasteiger charge is 2.51. The van der Waals surface area contributed by atoms with E-state index in [9.17, 15) is 0 Å². The standard InChI is InChI=1S/C62H72B6N2O/c1-57(2,3)34-13-16-36(17-14-34)69-44-20-15-35(58(4,5)6)29-43(44)68-54-45(69)27-33(48-49(63)51(65)53(67)52(66)50(48)64)28-46(54)70(37-18-19-39-40(30-37)60(9,10)22-21-59(39,7)8)55-38-31-41-42(32-47(38)71-56(55)68)62(12)25-23-61(41,11)24-26-62/h13-20,27-32H,21-26,63-67H2,1-12H3. The topological polar surface area (TPSA) is 19.6 Å². The summed E-state index contributed by atoms with van der Waals surface area (Å²) in [6.45, 7) is 28.8. The summed E-state index contributed by atoms with van der Waals surface area (Å²) in [4.78, 5) is 5.29. The predicted molar refractivity (Wildman–Crippen MR) is 322 cm³/mol. The van der Waals surface area contributed by atoms with E-state index in [1.807, 2.05) is 0 Å². The molecule has 6 aliphatic rings. The minimum Gasteiger partial charge on any atom is -0.468 e. The lowest BCUT2D eigenvalue weighted by atomic mass is 9.35. The van der Waals surface area contributed by atoms with Crippen LogP contribution in [0.25, 0.3) is 22.1 Å². The van der Waals surface area contributed by atoms with Gasteiger partial charge in [-0.3, -0.25) is 0 Å². The molecule has 0 spiro atoms. The van der Waals surface area contributed by atoms with Crippen LogP contribution in [0.3, 0.4) is 0 Å². The first kappa shape index (κ1) is 46.9. The fourth-order valence-electron chi connectivity index (χ4n) is 14.3. The Bertz CT molecular complexity index is 3420. The van der Waals surface area contributed by atoms with Crippen LogP contribution in [0.2, 0.25) is 0 Å². The molecule has 1 aromatic heterocycles. The number of benzene rings is 6. The first-order valence-corrected chi connectivity index (χ1v) is 27.1. The Morgan fingerprint density at radius 2 is 1.01 bits per heavy atom. The molecule has 3 nitrogen and oxygen atoms in total. The third-order valence-corrected chi connectivity index (χ3v) is 19.8. The van der Waals surface area contributed by atoms with Crippen LogP contribution in [0.5, 0.6) is 0 Å². The van der Waals surface area contributed by atoms with Crippen molar-refractivity contribution in [1.82, 2.24) is 0 Å². The molecule has 0 radical (unpaired) electrons. The number of furan rings is 1. The highest BCUT2D eigenvalue weighted by atomic mass is 16.3. The number of hydrogen-bond donors (Lipinski definition) is 0. The number of fused-ring (bicyclic) bond motifs is 9. The molecule has 1 fully saturated rings. The molecular formula is C62H72B6N2O. The van der Waals surface area contributed by atoms with E-state index in [2.05, 4.69) is 217 Å². The van der Waals surface area contributed by atoms with E-state index in [0.717, 1.165) is 17.7 Å². The summed E-state index contributed by atoms with van der Waals surface area (Å²) in [6, 6.07) is 34.7. The van der Waals surface area contributed by atoms with Crippen LogP contribution in [0.15, 0.2) is 89.3 Å². The van der Waals surface area contributed by atoms with Crippen molar-refractivity contribution >= 4 is 135 Å². The van der Waals surface area contributed by atoms with E-state index in [1.165, 1.54) is 149 Å². The quantitative estimate of drug-likeness (QED) is 0.189. The number of anilines is 6. The molecule has 4 aliphatic carbocycles. The Hall–Kier alpha value is -5.15. The molecular weight excluding hydrogens is 854 g/mol. The third-order valence-electron chi connectivity index (χ3n) is 19.8. The van der Waals surface area contributed by atoms with Gasteiger partial charge in [0.25, 0.3) is 6.71 Å². The lowest BCUT2D eigenvalue weighted by Crippen LogP contribution is -2.61. The van der Waals surface area contributed by atoms with Crippen molar-refractivity contribution < 1.29 is 4.42 Å². The molecule has 2 bridgehead atoms. The highest BCUT2D eigenvalue weighted by molar-refractivity contribution is 7.00. The van der Waals surface area contributed by atoms with E-state index in [4.69, 9.17) is 4.42 Å². The zero-order chi connectivity index (χ0) is 50.4. The van der Waals surface area contributed by atoms with E-state index in [1.54, 1.807) is 5.56 Å². The maximum atomic E-state index is 7.74. The van der Waals surface area contributed by atoms with Gasteiger partial charge in [0.15, 0.2) is 0 Å². The molecule has 0 atom stereocenters. The maximum absolute atomic E-state index is 7.74. The van der Waals surface area contributed by atoms with Gasteiger partial charge in [-0.15, -0.1) is 16.4 Å². The average molecular weight is 926 g/mol. The van der Waals surface area contributed by atoms with Crippen molar-refractivity contribution in [1.29, 1.82) is 0 Å². The van der Waals surface area contributed by atoms with Gasteiger partial charge in [-0.05, 0) is 181 Å². The van der Waals surface area contributed by atoms with Crippen LogP contribution in [0, 0.1) is 0 Å². The Kier molecular flexibility index (Phi) is 9.89. The largest absolute Gasteiger partial charge is 0.468 e. The van der Waals surface area contributed by atoms with Crippen molar-refractivity contribution in [2.45, 2.75) is 154 Å². The van der Waals surface area contributed by atoms with Crippen molar-refractivity contribution in [3.63, 3.8) is 0 Å². The van der Waals surface area contributed by atoms with Crippen LogP contribution in [0.1, 0.15) is 155 Å². The van der Waals surface area contributed by atoms with Crippen molar-refractivity contribution in [2.24, 2.45) is 0 Å². The molecule has 3 heterocycles. The molecule has 71 heavy (non-hydrogen) atoms. The predicted octanol–water partition coefficient (Wildman–Crippen LogP) is 6.52. The molecule has 2 aliphatic heterocycles. The summed E-state index contributed by atoms with van der Waals surface area (Å²) in [7, 11) is 11.7. The van der Waals surface area contributed by atoms with E-state index in [-0.39, 0.29) is 39.2 Å². The van der Waals surface area contributed by atoms with Crippen LogP contribution in [0.4, 0.5) is 34.1 Å². The van der Waals surface area contributed by atoms with Gasteiger partial charge in [0.2, 0.25) is 0 Å². The van der Waals surface area contributed by atoms with Gasteiger partial charge in [0.05, 0.1) is 11.3 Å². The second-order valence-electron chi connectivity index (χ2n) is 27.2. The van der Waals surface area contributed by atoms with Crippen LogP contribution in [-0.2, 0) is 32.5 Å². The second kappa shape index (κ2) is 15.0. The molecule has 0 amide bonds. The van der Waals surface area contributed by atoms with Gasteiger partial charge < -0.3 is 14.2 Å². The minimum atomic E-state index is -0.133. The molecule has 13 rings (SSSR count). The van der Waals surface area contributed by atoms with Gasteiger partial charge in [0.1, 0.15) is 44.8 Å². The summed E-state index contributed by atoms with van der Waals surface area (Å²) in [5.41, 5.74) is 30.6. The zero-order valence-electron chi connectivity index (χ0n) is 46.2. The molecule has 354 valence electrons. The lowest BCUT2D eigenvalue weighted by Gasteiger charge is -2.52. The zero-order valence-corrected chi connectivity index (χ0v) is 46.2. The SMILES string of the molecule is Bc1c(B)c(B)c(-c2cc3c4c(c2)N(c2ccc5c(c2)C(C)(C)CCC5(C)C)c2c(oc5cc6c(cc25)C2(C)CCC6(C)CC2)B4c2cc(C(C)(C)C)ccc2N3c2ccc(C(C)(C)C)cc2)c(B)c1B. The molecule has 0 unspecified atom stereocenters. The summed E-state index contributed by atoms with van der Waals surface area (Å²) in [5.74, 6) is 0. The molecule has 9 heteroatoms. The van der Waals surface area contributed by atoms with Gasteiger partial charge in [-0.25, -0.2) is 0 Å². The maximum Gasteiger partial charge on any atom is 0.297 e. The Morgan fingerprint density at radius 3 is 1.61 bits per heavy atom. The second-order valence-corrected chi connectivity index (χ2v) is 27.2. The lowest BCUT2D eigenvalue weighted by molar-refractivity contribution is 0.188. The van der Waals surface area contributed by atoms with Crippen LogP contribution < -0.4 is 53.7 Å². The highest BCUT2D eigenvalue weighted by Crippen LogP contribution is 2.59. The summed E-state index contributed by atoms with van der Waals surface area (Å²) in [5, 5.41) is 1.24. The Morgan fingerprint density at radius 1 is 0.493 bits per heavy atom. The van der Waals surface area contributed by atoms with Crippen molar-refractivity contribution in [3.8, 4) is 11.1 Å². The summed E-state index contributed by atoms with van der Waals surface area (Å²) in [6.07, 6.45) is 7.30. The monoisotopic (exact) mass is 927 g/mol. The van der Waals surface area contributed by atoms with Crippen LogP contribution >= 0.6 is 0 Å². The van der Waals surface area contributed by atoms with Gasteiger partial charge in [0, 0.05) is 33.8 Å². The molecule has 0 saturated heterocycles. The first-order valence-electron chi connectivity index (χ1n) is 27.1. The number of nitrogens with zero attached hydrogens (tertiary/aromatic N) is 2. The van der Waals surface area contributed by atoms with Crippen LogP contribution in [-0.4, -0.2) is 45.9 Å². The molecule has 6 aromatic carbocycles. The number of rotatable bonds is 3. The Balaban J connectivity index is 1.25. The molecule has 0 N–H and O–H groups in total. The first-order chi connectivity index (χ1) is 33.2. The summed E-state index contributed by atoms with van der Waals surface area (Å²) >= 11 is 0. The fraction of sp³-hybridized carbons (Fsp3) is 0.387. The van der Waals surface area contributed by atoms with E-state index in [0.29, 0.717) is 0 Å². The van der Waals surface area contributed by atoms with Gasteiger partial charge in [-0.2, -0.15) is 0 Å². The third kappa shape index (κ3) is 6.68. The molecule has 1 saturated carbocycles. The average Bonchev–Trinajstić information content (AvgIpc) is 3.69. The summed E-state index contributed by atoms with van der Waals surface area (Å²) < 4.78 is 7.74. The normalized spacial score (nSPS) is 21.4. The minimum absolute atomic E-state index is 0.0325. The fourth-order valence-corrected chi connectivity index (χ4v) is 14.3. The van der Waals surface area contributed by atoms with E-state index < -0.39 is 0 Å². The number of hydrogen-bond acceptors (Lipinski definition) is 3.